The molecular formula is C10H14N2O2. The summed E-state index contributed by atoms with van der Waals surface area (Å²) in [6.45, 7) is 1.52. The van der Waals surface area contributed by atoms with Gasteiger partial charge in [0.1, 0.15) is 5.54 Å². The molecule has 3 N–H and O–H groups in total. The number of rotatable bonds is 4. The van der Waals surface area contributed by atoms with Crippen LogP contribution in [0.3, 0.4) is 0 Å². The standard InChI is InChI=1S/C10H14N2O2/c1-10(11,9(13)14)5-4-8-3-2-6-12-7-8/h2-3,6-7H,4-5,11H2,1H3,(H,13,14). The van der Waals surface area contributed by atoms with E-state index in [4.69, 9.17) is 10.8 Å². The van der Waals surface area contributed by atoms with Crippen molar-refractivity contribution in [3.8, 4) is 0 Å². The molecule has 1 unspecified atom stereocenters. The topological polar surface area (TPSA) is 76.2 Å². The van der Waals surface area contributed by atoms with E-state index in [1.54, 1.807) is 12.4 Å². The van der Waals surface area contributed by atoms with E-state index in [0.29, 0.717) is 12.8 Å². The lowest BCUT2D eigenvalue weighted by Crippen LogP contribution is -2.45. The van der Waals surface area contributed by atoms with Crippen LogP contribution in [0.2, 0.25) is 0 Å². The van der Waals surface area contributed by atoms with Gasteiger partial charge in [-0.15, -0.1) is 0 Å². The number of nitrogens with two attached hydrogens (primary N) is 1. The molecule has 0 aliphatic heterocycles. The number of pyridine rings is 1. The Bertz CT molecular complexity index is 309. The lowest BCUT2D eigenvalue weighted by atomic mass is 9.95. The number of aryl methyl sites for hydroxylation is 1. The predicted molar refractivity (Wildman–Crippen MR) is 52.8 cm³/mol. The summed E-state index contributed by atoms with van der Waals surface area (Å²) in [6.07, 6.45) is 4.45. The molecule has 14 heavy (non-hydrogen) atoms. The molecule has 4 nitrogen and oxygen atoms in total. The Hall–Kier alpha value is -1.42. The van der Waals surface area contributed by atoms with Crippen molar-refractivity contribution in [1.82, 2.24) is 4.98 Å². The maximum Gasteiger partial charge on any atom is 0.323 e. The number of nitrogens with zero attached hydrogens (tertiary/aromatic N) is 1. The molecule has 0 spiro atoms. The fraction of sp³-hybridized carbons (Fsp3) is 0.400. The monoisotopic (exact) mass is 194 g/mol. The molecule has 0 fully saturated rings. The highest BCUT2D eigenvalue weighted by Crippen LogP contribution is 2.10. The summed E-state index contributed by atoms with van der Waals surface area (Å²) in [5, 5.41) is 8.78. The molecule has 0 bridgehead atoms. The van der Waals surface area contributed by atoms with Crippen molar-refractivity contribution in [3.05, 3.63) is 30.1 Å². The highest BCUT2D eigenvalue weighted by molar-refractivity contribution is 5.77. The number of hydrogen-bond acceptors (Lipinski definition) is 3. The smallest absolute Gasteiger partial charge is 0.323 e. The third kappa shape index (κ3) is 2.81. The van der Waals surface area contributed by atoms with E-state index in [-0.39, 0.29) is 0 Å². The van der Waals surface area contributed by atoms with Crippen molar-refractivity contribution >= 4 is 5.97 Å². The number of aliphatic carboxylic acids is 1. The first-order chi connectivity index (χ1) is 6.52. The number of aromatic nitrogens is 1. The van der Waals surface area contributed by atoms with Gasteiger partial charge < -0.3 is 10.8 Å². The highest BCUT2D eigenvalue weighted by Gasteiger charge is 2.27. The molecule has 1 atom stereocenters. The van der Waals surface area contributed by atoms with Crippen LogP contribution in [-0.4, -0.2) is 21.6 Å². The van der Waals surface area contributed by atoms with Gasteiger partial charge in [-0.1, -0.05) is 6.07 Å². The van der Waals surface area contributed by atoms with E-state index < -0.39 is 11.5 Å². The Morgan fingerprint density at radius 1 is 1.71 bits per heavy atom. The minimum absolute atomic E-state index is 0.411. The molecule has 4 heteroatoms. The molecule has 1 aromatic heterocycles. The van der Waals surface area contributed by atoms with E-state index in [0.717, 1.165) is 5.56 Å². The Balaban J connectivity index is 2.53. The van der Waals surface area contributed by atoms with Crippen LogP contribution in [0.1, 0.15) is 18.9 Å². The van der Waals surface area contributed by atoms with Crippen molar-refractivity contribution in [2.24, 2.45) is 5.73 Å². The summed E-state index contributed by atoms with van der Waals surface area (Å²) in [4.78, 5) is 14.6. The molecule has 0 amide bonds. The second-order valence-electron chi connectivity index (χ2n) is 3.58. The van der Waals surface area contributed by atoms with E-state index in [1.165, 1.54) is 6.92 Å². The zero-order valence-corrected chi connectivity index (χ0v) is 8.10. The summed E-state index contributed by atoms with van der Waals surface area (Å²) < 4.78 is 0. The van der Waals surface area contributed by atoms with Gasteiger partial charge in [-0.2, -0.15) is 0 Å². The first-order valence-corrected chi connectivity index (χ1v) is 4.43. The molecular weight excluding hydrogens is 180 g/mol. The van der Waals surface area contributed by atoms with E-state index in [9.17, 15) is 4.79 Å². The predicted octanol–water partition coefficient (Wildman–Crippen LogP) is 0.816. The van der Waals surface area contributed by atoms with Crippen LogP contribution >= 0.6 is 0 Å². The fourth-order valence-electron chi connectivity index (χ4n) is 1.06. The summed E-state index contributed by atoms with van der Waals surface area (Å²) >= 11 is 0. The minimum Gasteiger partial charge on any atom is -0.480 e. The van der Waals surface area contributed by atoms with Gasteiger partial charge in [-0.25, -0.2) is 0 Å². The van der Waals surface area contributed by atoms with E-state index >= 15 is 0 Å². The zero-order chi connectivity index (χ0) is 10.6. The molecule has 1 heterocycles. The molecule has 0 aliphatic rings. The maximum atomic E-state index is 10.7. The molecule has 0 saturated carbocycles. The van der Waals surface area contributed by atoms with Gasteiger partial charge in [0, 0.05) is 12.4 Å². The molecule has 0 radical (unpaired) electrons. The van der Waals surface area contributed by atoms with Gasteiger partial charge >= 0.3 is 5.97 Å². The van der Waals surface area contributed by atoms with Gasteiger partial charge in [0.05, 0.1) is 0 Å². The van der Waals surface area contributed by atoms with Crippen molar-refractivity contribution in [2.45, 2.75) is 25.3 Å². The SMILES string of the molecule is CC(N)(CCc1cccnc1)C(=O)O. The Morgan fingerprint density at radius 3 is 2.93 bits per heavy atom. The van der Waals surface area contributed by atoms with Crippen LogP contribution in [-0.2, 0) is 11.2 Å². The first-order valence-electron chi connectivity index (χ1n) is 4.43. The minimum atomic E-state index is -1.16. The van der Waals surface area contributed by atoms with Crippen LogP contribution < -0.4 is 5.73 Å². The van der Waals surface area contributed by atoms with Crippen molar-refractivity contribution < 1.29 is 9.90 Å². The molecule has 0 aromatic carbocycles. The van der Waals surface area contributed by atoms with Crippen LogP contribution in [0.5, 0.6) is 0 Å². The van der Waals surface area contributed by atoms with E-state index in [1.807, 2.05) is 12.1 Å². The highest BCUT2D eigenvalue weighted by atomic mass is 16.4. The van der Waals surface area contributed by atoms with Crippen LogP contribution in [0, 0.1) is 0 Å². The largest absolute Gasteiger partial charge is 0.480 e. The average Bonchev–Trinajstić information content (AvgIpc) is 2.16. The fourth-order valence-corrected chi connectivity index (χ4v) is 1.06. The van der Waals surface area contributed by atoms with Crippen molar-refractivity contribution in [1.29, 1.82) is 0 Å². The van der Waals surface area contributed by atoms with Gasteiger partial charge in [0.15, 0.2) is 0 Å². The summed E-state index contributed by atoms with van der Waals surface area (Å²) in [5.74, 6) is -0.971. The van der Waals surface area contributed by atoms with E-state index in [2.05, 4.69) is 4.98 Å². The van der Waals surface area contributed by atoms with Gasteiger partial charge in [0.25, 0.3) is 0 Å². The summed E-state index contributed by atoms with van der Waals surface area (Å²) in [7, 11) is 0. The van der Waals surface area contributed by atoms with Crippen LogP contribution in [0.25, 0.3) is 0 Å². The Morgan fingerprint density at radius 2 is 2.43 bits per heavy atom. The number of carboxylic acid groups (broad SMARTS) is 1. The van der Waals surface area contributed by atoms with Gasteiger partial charge in [-0.3, -0.25) is 9.78 Å². The molecule has 76 valence electrons. The Kier molecular flexibility index (Phi) is 3.19. The number of carboxylic acids is 1. The quantitative estimate of drug-likeness (QED) is 0.743. The van der Waals surface area contributed by atoms with Crippen LogP contribution in [0.4, 0.5) is 0 Å². The maximum absolute atomic E-state index is 10.7. The molecule has 1 rings (SSSR count). The lowest BCUT2D eigenvalue weighted by Gasteiger charge is -2.18. The van der Waals surface area contributed by atoms with Crippen LogP contribution in [0.15, 0.2) is 24.5 Å². The first kappa shape index (κ1) is 10.7. The Labute approximate surface area is 82.8 Å². The summed E-state index contributed by atoms with van der Waals surface area (Å²) in [6, 6.07) is 3.73. The van der Waals surface area contributed by atoms with Crippen molar-refractivity contribution in [2.75, 3.05) is 0 Å². The normalized spacial score (nSPS) is 14.7. The van der Waals surface area contributed by atoms with Gasteiger partial charge in [-0.05, 0) is 31.4 Å². The molecule has 1 aromatic rings. The molecule has 0 saturated heterocycles. The molecule has 0 aliphatic carbocycles. The second kappa shape index (κ2) is 4.19. The second-order valence-corrected chi connectivity index (χ2v) is 3.58. The number of carbonyl (C=O) groups is 1. The zero-order valence-electron chi connectivity index (χ0n) is 8.10. The number of hydrogen-bond donors (Lipinski definition) is 2. The van der Waals surface area contributed by atoms with Crippen molar-refractivity contribution in [3.63, 3.8) is 0 Å². The average molecular weight is 194 g/mol. The van der Waals surface area contributed by atoms with Gasteiger partial charge in [0.2, 0.25) is 0 Å². The lowest BCUT2D eigenvalue weighted by molar-refractivity contribution is -0.142. The summed E-state index contributed by atoms with van der Waals surface area (Å²) in [5.41, 5.74) is 5.44. The third-order valence-corrected chi connectivity index (χ3v) is 2.14. The third-order valence-electron chi connectivity index (χ3n) is 2.14.